The van der Waals surface area contributed by atoms with Gasteiger partial charge in [0.25, 0.3) is 0 Å². The van der Waals surface area contributed by atoms with Crippen LogP contribution in [0.3, 0.4) is 0 Å². The van der Waals surface area contributed by atoms with Crippen molar-refractivity contribution >= 4 is 27.7 Å². The number of rotatable bonds is 5. The molecule has 1 unspecified atom stereocenters. The second-order valence-corrected chi connectivity index (χ2v) is 5.12. The molecule has 0 aliphatic rings. The van der Waals surface area contributed by atoms with Gasteiger partial charge in [-0.3, -0.25) is 10.1 Å². The summed E-state index contributed by atoms with van der Waals surface area (Å²) in [5.41, 5.74) is 0. The molecule has 1 aromatic rings. The standard InChI is InChI=1S/C10H12BrNO2S/c1-2-9(12(13)14)7-15-10-5-3-8(11)4-6-10/h3-6,9H,2,7H2,1H3. The minimum Gasteiger partial charge on any atom is -0.264 e. The molecule has 1 rings (SSSR count). The van der Waals surface area contributed by atoms with E-state index in [0.717, 1.165) is 9.37 Å². The molecule has 0 aliphatic heterocycles. The SMILES string of the molecule is CCC(CSc1ccc(Br)cc1)[N+](=O)[O-]. The van der Waals surface area contributed by atoms with Crippen molar-refractivity contribution in [1.82, 2.24) is 0 Å². The summed E-state index contributed by atoms with van der Waals surface area (Å²) in [6.45, 7) is 1.84. The third kappa shape index (κ3) is 4.22. The monoisotopic (exact) mass is 289 g/mol. The average Bonchev–Trinajstić information content (AvgIpc) is 2.21. The van der Waals surface area contributed by atoms with Crippen molar-refractivity contribution in [2.45, 2.75) is 24.3 Å². The van der Waals surface area contributed by atoms with E-state index in [9.17, 15) is 10.1 Å². The normalized spacial score (nSPS) is 12.4. The maximum absolute atomic E-state index is 10.6. The largest absolute Gasteiger partial charge is 0.264 e. The second kappa shape index (κ2) is 6.12. The first-order chi connectivity index (χ1) is 7.13. The van der Waals surface area contributed by atoms with Crippen LogP contribution in [0.1, 0.15) is 13.3 Å². The molecule has 0 aliphatic carbocycles. The van der Waals surface area contributed by atoms with Crippen LogP contribution >= 0.6 is 27.7 Å². The Morgan fingerprint density at radius 1 is 1.47 bits per heavy atom. The molecule has 15 heavy (non-hydrogen) atoms. The highest BCUT2D eigenvalue weighted by Gasteiger charge is 2.17. The number of hydrogen-bond donors (Lipinski definition) is 0. The topological polar surface area (TPSA) is 43.1 Å². The number of nitrogens with zero attached hydrogens (tertiary/aromatic N) is 1. The zero-order valence-electron chi connectivity index (χ0n) is 8.35. The van der Waals surface area contributed by atoms with Crippen molar-refractivity contribution in [2.75, 3.05) is 5.75 Å². The Morgan fingerprint density at radius 2 is 2.07 bits per heavy atom. The molecule has 82 valence electrons. The lowest BCUT2D eigenvalue weighted by molar-refractivity contribution is -0.516. The van der Waals surface area contributed by atoms with E-state index in [2.05, 4.69) is 15.9 Å². The lowest BCUT2D eigenvalue weighted by Gasteiger charge is -2.06. The van der Waals surface area contributed by atoms with Crippen LogP contribution < -0.4 is 0 Å². The maximum Gasteiger partial charge on any atom is 0.222 e. The van der Waals surface area contributed by atoms with Gasteiger partial charge in [0, 0.05) is 20.7 Å². The molecule has 1 aromatic carbocycles. The molecule has 0 spiro atoms. The van der Waals surface area contributed by atoms with E-state index in [1.165, 1.54) is 11.8 Å². The number of hydrogen-bond acceptors (Lipinski definition) is 3. The highest BCUT2D eigenvalue weighted by Crippen LogP contribution is 2.22. The van der Waals surface area contributed by atoms with Gasteiger partial charge in [-0.15, -0.1) is 11.8 Å². The van der Waals surface area contributed by atoms with Crippen LogP contribution in [0.5, 0.6) is 0 Å². The van der Waals surface area contributed by atoms with Crippen LogP contribution in [-0.4, -0.2) is 16.7 Å². The van der Waals surface area contributed by atoms with Gasteiger partial charge in [-0.2, -0.15) is 0 Å². The average molecular weight is 290 g/mol. The van der Waals surface area contributed by atoms with Gasteiger partial charge in [-0.05, 0) is 24.3 Å². The van der Waals surface area contributed by atoms with E-state index < -0.39 is 6.04 Å². The summed E-state index contributed by atoms with van der Waals surface area (Å²) in [7, 11) is 0. The molecule has 0 saturated carbocycles. The molecular weight excluding hydrogens is 278 g/mol. The first-order valence-electron chi connectivity index (χ1n) is 4.65. The summed E-state index contributed by atoms with van der Waals surface area (Å²) in [6, 6.07) is 7.35. The second-order valence-electron chi connectivity index (χ2n) is 3.11. The number of nitro groups is 1. The molecule has 0 radical (unpaired) electrons. The first kappa shape index (κ1) is 12.5. The smallest absolute Gasteiger partial charge is 0.222 e. The Hall–Kier alpha value is -0.550. The van der Waals surface area contributed by atoms with Crippen LogP contribution in [0.2, 0.25) is 0 Å². The number of halogens is 1. The minimum absolute atomic E-state index is 0.203. The highest BCUT2D eigenvalue weighted by molar-refractivity contribution is 9.10. The van der Waals surface area contributed by atoms with E-state index in [0.29, 0.717) is 12.2 Å². The van der Waals surface area contributed by atoms with E-state index >= 15 is 0 Å². The predicted molar refractivity (Wildman–Crippen MR) is 65.9 cm³/mol. The van der Waals surface area contributed by atoms with Gasteiger partial charge < -0.3 is 0 Å². The lowest BCUT2D eigenvalue weighted by Crippen LogP contribution is -2.20. The summed E-state index contributed by atoms with van der Waals surface area (Å²) in [6.07, 6.45) is 0.580. The zero-order valence-corrected chi connectivity index (χ0v) is 10.8. The Balaban J connectivity index is 2.49. The van der Waals surface area contributed by atoms with E-state index in [1.807, 2.05) is 31.2 Å². The van der Waals surface area contributed by atoms with Gasteiger partial charge >= 0.3 is 0 Å². The van der Waals surface area contributed by atoms with E-state index in [4.69, 9.17) is 0 Å². The highest BCUT2D eigenvalue weighted by atomic mass is 79.9. The lowest BCUT2D eigenvalue weighted by atomic mass is 10.3. The predicted octanol–water partition coefficient (Wildman–Crippen LogP) is 3.60. The quantitative estimate of drug-likeness (QED) is 0.473. The van der Waals surface area contributed by atoms with Gasteiger partial charge in [0.2, 0.25) is 6.04 Å². The molecule has 0 fully saturated rings. The van der Waals surface area contributed by atoms with Crippen LogP contribution in [0.4, 0.5) is 0 Å². The third-order valence-electron chi connectivity index (χ3n) is 2.03. The summed E-state index contributed by atoms with van der Waals surface area (Å²) < 4.78 is 1.02. The van der Waals surface area contributed by atoms with Crippen LogP contribution in [-0.2, 0) is 0 Å². The first-order valence-corrected chi connectivity index (χ1v) is 6.43. The number of thioether (sulfide) groups is 1. The van der Waals surface area contributed by atoms with Crippen molar-refractivity contribution in [3.05, 3.63) is 38.9 Å². The summed E-state index contributed by atoms with van der Waals surface area (Å²) >= 11 is 4.87. The fourth-order valence-electron chi connectivity index (χ4n) is 1.05. The van der Waals surface area contributed by atoms with E-state index in [-0.39, 0.29) is 4.92 Å². The van der Waals surface area contributed by atoms with Gasteiger partial charge in [-0.1, -0.05) is 22.9 Å². The molecular formula is C10H12BrNO2S. The molecule has 0 bridgehead atoms. The fourth-order valence-corrected chi connectivity index (χ4v) is 2.39. The van der Waals surface area contributed by atoms with Crippen molar-refractivity contribution in [1.29, 1.82) is 0 Å². The van der Waals surface area contributed by atoms with Crippen molar-refractivity contribution in [3.63, 3.8) is 0 Å². The summed E-state index contributed by atoms with van der Waals surface area (Å²) in [5, 5.41) is 10.6. The Morgan fingerprint density at radius 3 is 2.53 bits per heavy atom. The molecule has 0 amide bonds. The van der Waals surface area contributed by atoms with Gasteiger partial charge in [0.1, 0.15) is 0 Å². The van der Waals surface area contributed by atoms with Gasteiger partial charge in [0.05, 0.1) is 5.75 Å². The summed E-state index contributed by atoms with van der Waals surface area (Å²) in [4.78, 5) is 11.5. The molecule has 0 aromatic heterocycles. The van der Waals surface area contributed by atoms with Crippen LogP contribution in [0.15, 0.2) is 33.6 Å². The zero-order chi connectivity index (χ0) is 11.3. The third-order valence-corrected chi connectivity index (χ3v) is 3.71. The minimum atomic E-state index is -0.446. The Labute approximate surface area is 102 Å². The molecule has 5 heteroatoms. The maximum atomic E-state index is 10.6. The van der Waals surface area contributed by atoms with E-state index in [1.54, 1.807) is 0 Å². The van der Waals surface area contributed by atoms with Crippen molar-refractivity contribution < 1.29 is 4.92 Å². The molecule has 1 atom stereocenters. The molecule has 0 N–H and O–H groups in total. The Bertz CT molecular complexity index is 329. The Kier molecular flexibility index (Phi) is 5.11. The van der Waals surface area contributed by atoms with Gasteiger partial charge in [-0.25, -0.2) is 0 Å². The van der Waals surface area contributed by atoms with Crippen LogP contribution in [0.25, 0.3) is 0 Å². The van der Waals surface area contributed by atoms with Crippen molar-refractivity contribution in [3.8, 4) is 0 Å². The van der Waals surface area contributed by atoms with Gasteiger partial charge in [0.15, 0.2) is 0 Å². The van der Waals surface area contributed by atoms with Crippen molar-refractivity contribution in [2.24, 2.45) is 0 Å². The molecule has 0 heterocycles. The molecule has 3 nitrogen and oxygen atoms in total. The molecule has 0 saturated heterocycles. The summed E-state index contributed by atoms with van der Waals surface area (Å²) in [5.74, 6) is 0.533. The van der Waals surface area contributed by atoms with Crippen LogP contribution in [0, 0.1) is 10.1 Å². The fraction of sp³-hybridized carbons (Fsp3) is 0.400. The number of benzene rings is 1.